The highest BCUT2D eigenvalue weighted by Crippen LogP contribution is 2.29. The number of aliphatic carboxylic acids is 1. The number of hydrogen-bond donors (Lipinski definition) is 2. The van der Waals surface area contributed by atoms with Crippen LogP contribution < -0.4 is 10.5 Å². The molecule has 0 saturated carbocycles. The Hall–Kier alpha value is -3.67. The van der Waals surface area contributed by atoms with Crippen LogP contribution in [0.4, 0.5) is 10.2 Å². The molecule has 4 rings (SSSR count). The van der Waals surface area contributed by atoms with Crippen molar-refractivity contribution in [1.82, 2.24) is 19.4 Å². The number of pyridine rings is 1. The maximum atomic E-state index is 15.0. The number of benzene rings is 2. The third-order valence-corrected chi connectivity index (χ3v) is 6.48. The standard InChI is InChI=1S/C27H29ClFN5O5.ClH/c1-38-13-10-21-32-25-26(18-7-2-3-8-19(18)31-27(25)30)34(21)12-5-11-33(22(35)14-28)15-17-6-4-9-20(24(17)29)39-16-23(36)37;/h2-4,6-9H,5,10-16H2,1H3,(H2,30,31)(H,36,37);1H. The fourth-order valence-electron chi connectivity index (χ4n) is 4.46. The number of carbonyl (C=O) groups excluding carboxylic acids is 1. The van der Waals surface area contributed by atoms with Crippen molar-refractivity contribution in [3.63, 3.8) is 0 Å². The molecule has 2 heterocycles. The molecule has 0 atom stereocenters. The predicted octanol–water partition coefficient (Wildman–Crippen LogP) is 4.04. The highest BCUT2D eigenvalue weighted by Gasteiger charge is 2.20. The Bertz CT molecular complexity index is 1500. The normalized spacial score (nSPS) is 11.0. The fourth-order valence-corrected chi connectivity index (χ4v) is 4.63. The molecule has 0 radical (unpaired) electrons. The van der Waals surface area contributed by atoms with Crippen molar-refractivity contribution in [2.75, 3.05) is 38.5 Å². The number of imidazole rings is 1. The van der Waals surface area contributed by atoms with E-state index >= 15 is 0 Å². The van der Waals surface area contributed by atoms with Crippen LogP contribution in [0.15, 0.2) is 42.5 Å². The zero-order chi connectivity index (χ0) is 27.9. The van der Waals surface area contributed by atoms with Crippen molar-refractivity contribution in [3.05, 3.63) is 59.7 Å². The van der Waals surface area contributed by atoms with E-state index in [0.29, 0.717) is 37.3 Å². The molecule has 1 amide bonds. The van der Waals surface area contributed by atoms with Crippen LogP contribution in [0.25, 0.3) is 21.9 Å². The lowest BCUT2D eigenvalue weighted by Gasteiger charge is -2.23. The highest BCUT2D eigenvalue weighted by atomic mass is 35.5. The molecule has 214 valence electrons. The molecular formula is C27H30Cl2FN5O5. The van der Waals surface area contributed by atoms with Gasteiger partial charge in [0.2, 0.25) is 5.91 Å². The van der Waals surface area contributed by atoms with Crippen LogP contribution in [0.3, 0.4) is 0 Å². The highest BCUT2D eigenvalue weighted by molar-refractivity contribution is 6.27. The topological polar surface area (TPSA) is 133 Å². The van der Waals surface area contributed by atoms with Gasteiger partial charge in [0, 0.05) is 44.1 Å². The summed E-state index contributed by atoms with van der Waals surface area (Å²) in [5.41, 5.74) is 8.66. The number of amides is 1. The average molecular weight is 594 g/mol. The summed E-state index contributed by atoms with van der Waals surface area (Å²) in [7, 11) is 1.62. The molecule has 2 aromatic heterocycles. The van der Waals surface area contributed by atoms with Gasteiger partial charge in [-0.2, -0.15) is 0 Å². The number of methoxy groups -OCH3 is 1. The van der Waals surface area contributed by atoms with Crippen LogP contribution in [0.1, 0.15) is 17.8 Å². The van der Waals surface area contributed by atoms with E-state index in [4.69, 9.17) is 36.9 Å². The van der Waals surface area contributed by atoms with Gasteiger partial charge in [0.25, 0.3) is 0 Å². The van der Waals surface area contributed by atoms with Crippen LogP contribution in [-0.2, 0) is 33.8 Å². The number of rotatable bonds is 13. The first-order valence-corrected chi connectivity index (χ1v) is 12.9. The van der Waals surface area contributed by atoms with Gasteiger partial charge in [-0.25, -0.2) is 19.2 Å². The number of carboxylic acid groups (broad SMARTS) is 1. The molecule has 0 aliphatic rings. The van der Waals surface area contributed by atoms with Gasteiger partial charge in [-0.05, 0) is 18.6 Å². The number of nitrogen functional groups attached to an aromatic ring is 1. The zero-order valence-corrected chi connectivity index (χ0v) is 23.4. The fraction of sp³-hybridized carbons (Fsp3) is 0.333. The van der Waals surface area contributed by atoms with Gasteiger partial charge in [-0.3, -0.25) is 4.79 Å². The largest absolute Gasteiger partial charge is 0.479 e. The van der Waals surface area contributed by atoms with E-state index in [0.717, 1.165) is 22.2 Å². The quantitative estimate of drug-likeness (QED) is 0.222. The number of ether oxygens (including phenoxy) is 2. The summed E-state index contributed by atoms with van der Waals surface area (Å²) in [6.45, 7) is 0.518. The van der Waals surface area contributed by atoms with Crippen molar-refractivity contribution in [2.45, 2.75) is 25.9 Å². The van der Waals surface area contributed by atoms with Crippen LogP contribution >= 0.6 is 24.0 Å². The van der Waals surface area contributed by atoms with Crippen molar-refractivity contribution in [3.8, 4) is 5.75 Å². The predicted molar refractivity (Wildman–Crippen MR) is 153 cm³/mol. The molecule has 0 saturated heterocycles. The van der Waals surface area contributed by atoms with E-state index in [9.17, 15) is 14.0 Å². The third kappa shape index (κ3) is 6.90. The van der Waals surface area contributed by atoms with E-state index in [1.807, 2.05) is 24.3 Å². The number of para-hydroxylation sites is 1. The monoisotopic (exact) mass is 593 g/mol. The number of anilines is 1. The maximum absolute atomic E-state index is 15.0. The van der Waals surface area contributed by atoms with E-state index in [2.05, 4.69) is 9.55 Å². The smallest absolute Gasteiger partial charge is 0.341 e. The van der Waals surface area contributed by atoms with E-state index in [1.54, 1.807) is 13.2 Å². The summed E-state index contributed by atoms with van der Waals surface area (Å²) in [4.78, 5) is 34.2. The Balaban J connectivity index is 0.00000441. The number of nitrogens with two attached hydrogens (primary N) is 1. The number of carbonyl (C=O) groups is 2. The van der Waals surface area contributed by atoms with Crippen molar-refractivity contribution < 1.29 is 28.6 Å². The van der Waals surface area contributed by atoms with Gasteiger partial charge in [-0.15, -0.1) is 24.0 Å². The minimum atomic E-state index is -1.22. The number of carboxylic acids is 1. The third-order valence-electron chi connectivity index (χ3n) is 6.25. The van der Waals surface area contributed by atoms with E-state index in [1.165, 1.54) is 17.0 Å². The number of aryl methyl sites for hydroxylation is 1. The lowest BCUT2D eigenvalue weighted by atomic mass is 10.1. The molecule has 0 aliphatic carbocycles. The average Bonchev–Trinajstić information content (AvgIpc) is 3.30. The zero-order valence-electron chi connectivity index (χ0n) is 21.8. The second kappa shape index (κ2) is 14.1. The van der Waals surface area contributed by atoms with Gasteiger partial charge < -0.3 is 29.8 Å². The molecule has 10 nitrogen and oxygen atoms in total. The van der Waals surface area contributed by atoms with Gasteiger partial charge in [0.05, 0.1) is 17.6 Å². The molecule has 0 aliphatic heterocycles. The first-order chi connectivity index (χ1) is 18.8. The van der Waals surface area contributed by atoms with Crippen LogP contribution in [-0.4, -0.2) is 69.2 Å². The molecular weight excluding hydrogens is 564 g/mol. The van der Waals surface area contributed by atoms with Crippen molar-refractivity contribution in [1.29, 1.82) is 0 Å². The number of halogens is 3. The van der Waals surface area contributed by atoms with Crippen LogP contribution in [0, 0.1) is 5.82 Å². The number of hydrogen-bond acceptors (Lipinski definition) is 7. The Labute approximate surface area is 241 Å². The molecule has 0 bridgehead atoms. The first-order valence-electron chi connectivity index (χ1n) is 12.3. The summed E-state index contributed by atoms with van der Waals surface area (Å²) in [5, 5.41) is 9.74. The Morgan fingerprint density at radius 3 is 2.67 bits per heavy atom. The lowest BCUT2D eigenvalue weighted by molar-refractivity contribution is -0.139. The molecule has 0 spiro atoms. The van der Waals surface area contributed by atoms with Crippen LogP contribution in [0.2, 0.25) is 0 Å². The summed E-state index contributed by atoms with van der Waals surface area (Å²) in [5.74, 6) is -1.65. The van der Waals surface area contributed by atoms with Gasteiger partial charge in [0.1, 0.15) is 17.2 Å². The molecule has 0 fully saturated rings. The Kier molecular flexibility index (Phi) is 10.9. The number of aromatic nitrogens is 3. The molecule has 4 aromatic rings. The first kappa shape index (κ1) is 30.9. The minimum absolute atomic E-state index is 0. The summed E-state index contributed by atoms with van der Waals surface area (Å²) < 4.78 is 27.4. The number of alkyl halides is 1. The van der Waals surface area contributed by atoms with Crippen LogP contribution in [0.5, 0.6) is 5.75 Å². The second-order valence-electron chi connectivity index (χ2n) is 8.85. The molecule has 13 heteroatoms. The minimum Gasteiger partial charge on any atom is -0.479 e. The summed E-state index contributed by atoms with van der Waals surface area (Å²) >= 11 is 5.87. The maximum Gasteiger partial charge on any atom is 0.341 e. The van der Waals surface area contributed by atoms with E-state index < -0.39 is 18.4 Å². The molecule has 40 heavy (non-hydrogen) atoms. The molecule has 0 unspecified atom stereocenters. The number of nitrogens with zero attached hydrogens (tertiary/aromatic N) is 4. The summed E-state index contributed by atoms with van der Waals surface area (Å²) in [6, 6.07) is 12.1. The Morgan fingerprint density at radius 1 is 1.18 bits per heavy atom. The Morgan fingerprint density at radius 2 is 1.95 bits per heavy atom. The van der Waals surface area contributed by atoms with E-state index in [-0.39, 0.29) is 48.6 Å². The lowest BCUT2D eigenvalue weighted by Crippen LogP contribution is -2.33. The molecule has 3 N–H and O–H groups in total. The van der Waals surface area contributed by atoms with Gasteiger partial charge in [-0.1, -0.05) is 30.3 Å². The SMILES string of the molecule is COCCc1nc2c(N)nc3ccccc3c2n1CCCN(Cc1cccc(OCC(=O)O)c1F)C(=O)CCl.Cl. The van der Waals surface area contributed by atoms with Gasteiger partial charge >= 0.3 is 5.97 Å². The molecule has 2 aromatic carbocycles. The van der Waals surface area contributed by atoms with Crippen molar-refractivity contribution >= 4 is 63.6 Å². The summed E-state index contributed by atoms with van der Waals surface area (Å²) in [6.07, 6.45) is 1.07. The van der Waals surface area contributed by atoms with Crippen molar-refractivity contribution in [2.24, 2.45) is 0 Å². The second-order valence-corrected chi connectivity index (χ2v) is 9.12. The number of fused-ring (bicyclic) bond motifs is 3. The van der Waals surface area contributed by atoms with Gasteiger partial charge in [0.15, 0.2) is 24.0 Å².